The van der Waals surface area contributed by atoms with Crippen molar-refractivity contribution in [1.82, 2.24) is 4.98 Å². The third-order valence-electron chi connectivity index (χ3n) is 9.15. The molecule has 2 aromatic rings. The lowest BCUT2D eigenvalue weighted by molar-refractivity contribution is -0.167. The summed E-state index contributed by atoms with van der Waals surface area (Å²) in [7, 11) is 0. The van der Waals surface area contributed by atoms with E-state index in [1.165, 1.54) is 19.1 Å². The van der Waals surface area contributed by atoms with Crippen LogP contribution in [0.1, 0.15) is 123 Å². The number of alkyl halides is 3. The van der Waals surface area contributed by atoms with Gasteiger partial charge in [-0.3, -0.25) is 9.78 Å². The van der Waals surface area contributed by atoms with Crippen LogP contribution in [0.25, 0.3) is 0 Å². The fraction of sp³-hybridized carbons (Fsp3) is 0.600. The number of halogens is 3. The molecule has 1 saturated heterocycles. The standard InChI is InChI=1S/C30H34F3NO5/c1-16(2)24-22-23(21-20(36)15-28(9-4-10-28)27(25(21)34-24)38-17(3)35)29(11-13-37-14-12-29)39-26(22)18-5-7-19(8-6-18)30(31,32)33/h5-8,16,20,26-27,36H,4,9-15H2,1-3H3/t20?,26?,27-/m1/s1. The van der Waals surface area contributed by atoms with Gasteiger partial charge in [0, 0.05) is 55.2 Å². The van der Waals surface area contributed by atoms with Crippen LogP contribution in [-0.4, -0.2) is 29.3 Å². The molecule has 3 atom stereocenters. The highest BCUT2D eigenvalue weighted by molar-refractivity contribution is 5.67. The Balaban J connectivity index is 1.59. The number of hydrogen-bond acceptors (Lipinski definition) is 6. The van der Waals surface area contributed by atoms with Crippen molar-refractivity contribution in [3.8, 4) is 0 Å². The van der Waals surface area contributed by atoms with E-state index < -0.39 is 35.7 Å². The van der Waals surface area contributed by atoms with E-state index in [0.29, 0.717) is 49.3 Å². The Morgan fingerprint density at radius 2 is 1.77 bits per heavy atom. The molecule has 1 N–H and O–H groups in total. The molecule has 0 bridgehead atoms. The first-order valence-corrected chi connectivity index (χ1v) is 13.8. The van der Waals surface area contributed by atoms with Gasteiger partial charge in [0.1, 0.15) is 12.2 Å². The molecule has 2 spiro atoms. The molecule has 1 aromatic carbocycles. The number of ether oxygens (including phenoxy) is 3. The predicted octanol–water partition coefficient (Wildman–Crippen LogP) is 6.56. The number of fused-ring (bicyclic) bond motifs is 4. The molecule has 6 rings (SSSR count). The SMILES string of the molecule is CC(=O)O[C@@H]1c2nc(C(C)C)c3c(c2C(O)CC12CCC2)C1(CCOCC1)OC3c1ccc(C(F)(F)F)cc1. The lowest BCUT2D eigenvalue weighted by atomic mass is 9.57. The summed E-state index contributed by atoms with van der Waals surface area (Å²) in [5.74, 6) is -0.435. The average molecular weight is 546 g/mol. The molecule has 2 aliphatic heterocycles. The Kier molecular flexibility index (Phi) is 6.36. The second-order valence-electron chi connectivity index (χ2n) is 11.9. The molecule has 210 valence electrons. The molecular weight excluding hydrogens is 511 g/mol. The van der Waals surface area contributed by atoms with Gasteiger partial charge in [0.05, 0.1) is 23.0 Å². The zero-order valence-corrected chi connectivity index (χ0v) is 22.4. The highest BCUT2D eigenvalue weighted by atomic mass is 19.4. The van der Waals surface area contributed by atoms with E-state index in [0.717, 1.165) is 48.2 Å². The monoisotopic (exact) mass is 545 g/mol. The lowest BCUT2D eigenvalue weighted by Gasteiger charge is -2.52. The minimum absolute atomic E-state index is 0.0472. The van der Waals surface area contributed by atoms with Gasteiger partial charge in [0.15, 0.2) is 0 Å². The Labute approximate surface area is 225 Å². The van der Waals surface area contributed by atoms with Crippen molar-refractivity contribution in [2.75, 3.05) is 13.2 Å². The van der Waals surface area contributed by atoms with Gasteiger partial charge in [-0.15, -0.1) is 0 Å². The molecule has 4 aliphatic rings. The summed E-state index contributed by atoms with van der Waals surface area (Å²) in [6.45, 7) is 6.36. The number of hydrogen-bond donors (Lipinski definition) is 1. The molecule has 39 heavy (non-hydrogen) atoms. The number of pyridine rings is 1. The lowest BCUT2D eigenvalue weighted by Crippen LogP contribution is -2.45. The number of nitrogens with zero attached hydrogens (tertiary/aromatic N) is 1. The number of aliphatic hydroxyl groups excluding tert-OH is 1. The number of benzene rings is 1. The maximum atomic E-state index is 13.3. The third kappa shape index (κ3) is 4.19. The number of carbonyl (C=O) groups is 1. The summed E-state index contributed by atoms with van der Waals surface area (Å²) in [5.41, 5.74) is 2.46. The maximum Gasteiger partial charge on any atom is 0.416 e. The molecule has 2 unspecified atom stereocenters. The molecule has 9 heteroatoms. The van der Waals surface area contributed by atoms with E-state index in [2.05, 4.69) is 0 Å². The van der Waals surface area contributed by atoms with E-state index in [1.807, 2.05) is 13.8 Å². The summed E-state index contributed by atoms with van der Waals surface area (Å²) >= 11 is 0. The summed E-state index contributed by atoms with van der Waals surface area (Å²) in [5, 5.41) is 11.7. The van der Waals surface area contributed by atoms with Gasteiger partial charge in [-0.2, -0.15) is 13.2 Å². The van der Waals surface area contributed by atoms with Gasteiger partial charge < -0.3 is 19.3 Å². The number of carbonyl (C=O) groups excluding carboxylic acids is 1. The molecule has 2 fully saturated rings. The van der Waals surface area contributed by atoms with Gasteiger partial charge in [0.25, 0.3) is 0 Å². The second kappa shape index (κ2) is 9.28. The molecule has 6 nitrogen and oxygen atoms in total. The fourth-order valence-electron chi connectivity index (χ4n) is 7.21. The van der Waals surface area contributed by atoms with E-state index in [-0.39, 0.29) is 17.3 Å². The molecular formula is C30H34F3NO5. The number of aliphatic hydroxyl groups is 1. The second-order valence-corrected chi connectivity index (χ2v) is 11.9. The average Bonchev–Trinajstić information content (AvgIpc) is 3.17. The predicted molar refractivity (Wildman–Crippen MR) is 135 cm³/mol. The number of rotatable bonds is 3. The van der Waals surface area contributed by atoms with Crippen molar-refractivity contribution >= 4 is 5.97 Å². The molecule has 2 aliphatic carbocycles. The molecule has 0 amide bonds. The number of aromatic nitrogens is 1. The number of esters is 1. The smallest absolute Gasteiger partial charge is 0.416 e. The summed E-state index contributed by atoms with van der Waals surface area (Å²) in [4.78, 5) is 17.4. The topological polar surface area (TPSA) is 77.9 Å². The zero-order chi connectivity index (χ0) is 27.7. The van der Waals surface area contributed by atoms with Crippen molar-refractivity contribution < 1.29 is 37.3 Å². The van der Waals surface area contributed by atoms with Crippen LogP contribution in [0.15, 0.2) is 24.3 Å². The third-order valence-corrected chi connectivity index (χ3v) is 9.15. The van der Waals surface area contributed by atoms with Crippen LogP contribution >= 0.6 is 0 Å². The summed E-state index contributed by atoms with van der Waals surface area (Å²) in [6, 6.07) is 5.11. The quantitative estimate of drug-likeness (QED) is 0.440. The normalized spacial score (nSPS) is 26.8. The van der Waals surface area contributed by atoms with Crippen LogP contribution in [-0.2, 0) is 30.8 Å². The zero-order valence-electron chi connectivity index (χ0n) is 22.4. The molecule has 0 radical (unpaired) electrons. The minimum Gasteiger partial charge on any atom is -0.455 e. The Hall–Kier alpha value is -2.49. The van der Waals surface area contributed by atoms with Gasteiger partial charge >= 0.3 is 12.1 Å². The molecule has 1 saturated carbocycles. The van der Waals surface area contributed by atoms with E-state index >= 15 is 0 Å². The van der Waals surface area contributed by atoms with Crippen LogP contribution in [0.2, 0.25) is 0 Å². The van der Waals surface area contributed by atoms with E-state index in [9.17, 15) is 23.1 Å². The first-order valence-electron chi connectivity index (χ1n) is 13.8. The van der Waals surface area contributed by atoms with Crippen LogP contribution in [0.3, 0.4) is 0 Å². The highest BCUT2D eigenvalue weighted by Crippen LogP contribution is 2.64. The Morgan fingerprint density at radius 3 is 2.31 bits per heavy atom. The van der Waals surface area contributed by atoms with Crippen LogP contribution < -0.4 is 0 Å². The van der Waals surface area contributed by atoms with Crippen molar-refractivity contribution in [2.24, 2.45) is 5.41 Å². The van der Waals surface area contributed by atoms with E-state index in [1.54, 1.807) is 0 Å². The van der Waals surface area contributed by atoms with Crippen molar-refractivity contribution in [2.45, 2.75) is 95.3 Å². The highest BCUT2D eigenvalue weighted by Gasteiger charge is 2.58. The van der Waals surface area contributed by atoms with Gasteiger partial charge in [-0.25, -0.2) is 0 Å². The first-order chi connectivity index (χ1) is 18.5. The Morgan fingerprint density at radius 1 is 1.10 bits per heavy atom. The molecule has 3 heterocycles. The minimum atomic E-state index is -4.44. The Bertz CT molecular complexity index is 1280. The van der Waals surface area contributed by atoms with Gasteiger partial charge in [0.2, 0.25) is 0 Å². The van der Waals surface area contributed by atoms with E-state index in [4.69, 9.17) is 19.2 Å². The fourth-order valence-corrected chi connectivity index (χ4v) is 7.21. The summed E-state index contributed by atoms with van der Waals surface area (Å²) < 4.78 is 58.5. The van der Waals surface area contributed by atoms with Gasteiger partial charge in [-0.1, -0.05) is 32.4 Å². The largest absolute Gasteiger partial charge is 0.455 e. The maximum absolute atomic E-state index is 13.3. The molecule has 1 aromatic heterocycles. The van der Waals surface area contributed by atoms with Crippen molar-refractivity contribution in [3.05, 3.63) is 63.5 Å². The van der Waals surface area contributed by atoms with Crippen molar-refractivity contribution in [1.29, 1.82) is 0 Å². The van der Waals surface area contributed by atoms with Gasteiger partial charge in [-0.05, 0) is 48.4 Å². The van der Waals surface area contributed by atoms with Crippen LogP contribution in [0.5, 0.6) is 0 Å². The summed E-state index contributed by atoms with van der Waals surface area (Å²) in [6.07, 6.45) is -2.21. The van der Waals surface area contributed by atoms with Crippen molar-refractivity contribution in [3.63, 3.8) is 0 Å². The first kappa shape index (κ1) is 26.7. The van der Waals surface area contributed by atoms with Crippen LogP contribution in [0, 0.1) is 5.41 Å². The van der Waals surface area contributed by atoms with Crippen LogP contribution in [0.4, 0.5) is 13.2 Å².